The molecule has 1 N–H and O–H groups in total. The first-order chi connectivity index (χ1) is 15.2. The Hall–Kier alpha value is -3.44. The van der Waals surface area contributed by atoms with Gasteiger partial charge in [-0.3, -0.25) is 9.69 Å². The van der Waals surface area contributed by atoms with Gasteiger partial charge >= 0.3 is 0 Å². The minimum atomic E-state index is -0.301. The predicted molar refractivity (Wildman–Crippen MR) is 125 cm³/mol. The summed E-state index contributed by atoms with van der Waals surface area (Å²) in [4.78, 5) is 26.5. The number of para-hydroxylation sites is 1. The SMILES string of the molecule is Cc1[nH]c2ccccc2c1C(=O)C(c1ccccc1)N1CCN(c2ccccn2)CC1. The Labute approximate surface area is 182 Å². The Morgan fingerprint density at radius 1 is 0.903 bits per heavy atom. The minimum Gasteiger partial charge on any atom is -0.358 e. The molecule has 4 aromatic rings. The molecule has 2 aromatic carbocycles. The van der Waals surface area contributed by atoms with Crippen molar-refractivity contribution in [2.24, 2.45) is 0 Å². The van der Waals surface area contributed by atoms with Crippen molar-refractivity contribution in [3.8, 4) is 0 Å². The first-order valence-electron chi connectivity index (χ1n) is 10.8. The first-order valence-corrected chi connectivity index (χ1v) is 10.8. The van der Waals surface area contributed by atoms with E-state index in [1.165, 1.54) is 0 Å². The van der Waals surface area contributed by atoms with Crippen molar-refractivity contribution in [3.05, 3.63) is 95.8 Å². The highest BCUT2D eigenvalue weighted by atomic mass is 16.1. The number of aryl methyl sites for hydroxylation is 1. The van der Waals surface area contributed by atoms with Crippen LogP contribution in [0.2, 0.25) is 0 Å². The normalized spacial score (nSPS) is 15.8. The van der Waals surface area contributed by atoms with Gasteiger partial charge in [0.25, 0.3) is 0 Å². The second-order valence-electron chi connectivity index (χ2n) is 8.06. The number of rotatable bonds is 5. The lowest BCUT2D eigenvalue weighted by atomic mass is 9.93. The number of nitrogens with one attached hydrogen (secondary N) is 1. The van der Waals surface area contributed by atoms with Gasteiger partial charge in [-0.25, -0.2) is 4.98 Å². The predicted octanol–water partition coefficient (Wildman–Crippen LogP) is 4.62. The number of hydrogen-bond acceptors (Lipinski definition) is 4. The third-order valence-electron chi connectivity index (χ3n) is 6.16. The molecule has 0 radical (unpaired) electrons. The van der Waals surface area contributed by atoms with E-state index in [0.717, 1.165) is 59.7 Å². The third kappa shape index (κ3) is 3.73. The van der Waals surface area contributed by atoms with E-state index in [9.17, 15) is 4.79 Å². The van der Waals surface area contributed by atoms with E-state index in [4.69, 9.17) is 0 Å². The first kappa shape index (κ1) is 19.5. The number of Topliss-reactive ketones (excluding diaryl/α,β-unsaturated/α-hetero) is 1. The highest BCUT2D eigenvalue weighted by Gasteiger charge is 2.33. The fourth-order valence-electron chi connectivity index (χ4n) is 4.64. The van der Waals surface area contributed by atoms with Gasteiger partial charge in [-0.15, -0.1) is 0 Å². The number of benzene rings is 2. The molecule has 5 rings (SSSR count). The van der Waals surface area contributed by atoms with Crippen molar-refractivity contribution in [2.75, 3.05) is 31.1 Å². The number of H-pyrrole nitrogens is 1. The summed E-state index contributed by atoms with van der Waals surface area (Å²) in [7, 11) is 0. The molecule has 2 aromatic heterocycles. The zero-order valence-corrected chi connectivity index (χ0v) is 17.7. The van der Waals surface area contributed by atoms with Gasteiger partial charge in [0, 0.05) is 54.5 Å². The van der Waals surface area contributed by atoms with Crippen LogP contribution < -0.4 is 4.90 Å². The van der Waals surface area contributed by atoms with Crippen molar-refractivity contribution in [2.45, 2.75) is 13.0 Å². The largest absolute Gasteiger partial charge is 0.358 e. The number of hydrogen-bond donors (Lipinski definition) is 1. The summed E-state index contributed by atoms with van der Waals surface area (Å²) in [5.41, 5.74) is 3.79. The van der Waals surface area contributed by atoms with E-state index in [-0.39, 0.29) is 11.8 Å². The van der Waals surface area contributed by atoms with E-state index in [1.54, 1.807) is 0 Å². The molecule has 5 heteroatoms. The van der Waals surface area contributed by atoms with Gasteiger partial charge in [0.05, 0.1) is 6.04 Å². The second-order valence-corrected chi connectivity index (χ2v) is 8.06. The van der Waals surface area contributed by atoms with Crippen LogP contribution in [0.4, 0.5) is 5.82 Å². The molecular weight excluding hydrogens is 384 g/mol. The van der Waals surface area contributed by atoms with Crippen LogP contribution in [0.5, 0.6) is 0 Å². The van der Waals surface area contributed by atoms with Crippen LogP contribution in [0.15, 0.2) is 79.0 Å². The van der Waals surface area contributed by atoms with Gasteiger partial charge in [0.2, 0.25) is 0 Å². The van der Waals surface area contributed by atoms with Crippen LogP contribution in [0.3, 0.4) is 0 Å². The molecule has 0 amide bonds. The number of carbonyl (C=O) groups excluding carboxylic acids is 1. The van der Waals surface area contributed by atoms with Crippen LogP contribution >= 0.6 is 0 Å². The van der Waals surface area contributed by atoms with Crippen molar-refractivity contribution < 1.29 is 4.79 Å². The second kappa shape index (κ2) is 8.36. The van der Waals surface area contributed by atoms with Crippen molar-refractivity contribution in [1.82, 2.24) is 14.9 Å². The van der Waals surface area contributed by atoms with Crippen LogP contribution in [0, 0.1) is 6.92 Å². The third-order valence-corrected chi connectivity index (χ3v) is 6.16. The van der Waals surface area contributed by atoms with Crippen LogP contribution in [-0.2, 0) is 0 Å². The quantitative estimate of drug-likeness (QED) is 0.488. The average molecular weight is 411 g/mol. The molecule has 0 aliphatic carbocycles. The zero-order valence-electron chi connectivity index (χ0n) is 17.7. The molecule has 0 bridgehead atoms. The fraction of sp³-hybridized carbons (Fsp3) is 0.231. The summed E-state index contributed by atoms with van der Waals surface area (Å²) < 4.78 is 0. The maximum absolute atomic E-state index is 14.0. The molecule has 1 aliphatic heterocycles. The van der Waals surface area contributed by atoms with Gasteiger partial charge in [-0.2, -0.15) is 0 Å². The number of carbonyl (C=O) groups is 1. The lowest BCUT2D eigenvalue weighted by molar-refractivity contribution is 0.0807. The summed E-state index contributed by atoms with van der Waals surface area (Å²) in [6.45, 7) is 5.31. The number of aromatic amines is 1. The van der Waals surface area contributed by atoms with Crippen molar-refractivity contribution in [3.63, 3.8) is 0 Å². The number of pyridine rings is 1. The van der Waals surface area contributed by atoms with E-state index >= 15 is 0 Å². The lowest BCUT2D eigenvalue weighted by Crippen LogP contribution is -2.49. The molecule has 31 heavy (non-hydrogen) atoms. The summed E-state index contributed by atoms with van der Waals surface area (Å²) in [6, 6.07) is 23.9. The summed E-state index contributed by atoms with van der Waals surface area (Å²) in [5.74, 6) is 1.16. The molecule has 1 fully saturated rings. The van der Waals surface area contributed by atoms with Gasteiger partial charge < -0.3 is 9.88 Å². The summed E-state index contributed by atoms with van der Waals surface area (Å²) in [6.07, 6.45) is 1.83. The van der Waals surface area contributed by atoms with Crippen LogP contribution in [-0.4, -0.2) is 46.8 Å². The number of fused-ring (bicyclic) bond motifs is 1. The minimum absolute atomic E-state index is 0.160. The van der Waals surface area contributed by atoms with Gasteiger partial charge in [0.15, 0.2) is 5.78 Å². The fourth-order valence-corrected chi connectivity index (χ4v) is 4.64. The number of aromatic nitrogens is 2. The summed E-state index contributed by atoms with van der Waals surface area (Å²) >= 11 is 0. The molecule has 0 spiro atoms. The molecule has 1 unspecified atom stereocenters. The number of nitrogens with zero attached hydrogens (tertiary/aromatic N) is 3. The van der Waals surface area contributed by atoms with Crippen LogP contribution in [0.25, 0.3) is 10.9 Å². The molecule has 1 saturated heterocycles. The van der Waals surface area contributed by atoms with Crippen molar-refractivity contribution in [1.29, 1.82) is 0 Å². The number of piperazine rings is 1. The molecule has 5 nitrogen and oxygen atoms in total. The van der Waals surface area contributed by atoms with Gasteiger partial charge in [0.1, 0.15) is 5.82 Å². The van der Waals surface area contributed by atoms with E-state index in [1.807, 2.05) is 73.8 Å². The Morgan fingerprint density at radius 2 is 1.61 bits per heavy atom. The highest BCUT2D eigenvalue weighted by Crippen LogP contribution is 2.32. The molecule has 156 valence electrons. The number of ketones is 1. The molecule has 1 atom stereocenters. The maximum atomic E-state index is 14.0. The summed E-state index contributed by atoms with van der Waals surface area (Å²) in [5, 5.41) is 0.998. The Kier molecular flexibility index (Phi) is 5.26. The zero-order chi connectivity index (χ0) is 21.2. The van der Waals surface area contributed by atoms with E-state index in [0.29, 0.717) is 0 Å². The Morgan fingerprint density at radius 3 is 2.35 bits per heavy atom. The standard InChI is InChI=1S/C26H26N4O/c1-19-24(21-11-5-6-12-22(21)28-19)26(31)25(20-9-3-2-4-10-20)30-17-15-29(16-18-30)23-13-7-8-14-27-23/h2-14,25,28H,15-18H2,1H3. The smallest absolute Gasteiger partial charge is 0.186 e. The van der Waals surface area contributed by atoms with Gasteiger partial charge in [-0.05, 0) is 30.7 Å². The molecular formula is C26H26N4O. The molecule has 1 aliphatic rings. The van der Waals surface area contributed by atoms with Crippen LogP contribution in [0.1, 0.15) is 27.7 Å². The Balaban J connectivity index is 1.47. The lowest BCUT2D eigenvalue weighted by Gasteiger charge is -2.39. The topological polar surface area (TPSA) is 52.2 Å². The maximum Gasteiger partial charge on any atom is 0.186 e. The highest BCUT2D eigenvalue weighted by molar-refractivity contribution is 6.11. The Bertz CT molecular complexity index is 1180. The number of anilines is 1. The van der Waals surface area contributed by atoms with E-state index < -0.39 is 0 Å². The van der Waals surface area contributed by atoms with E-state index in [2.05, 4.69) is 31.9 Å². The van der Waals surface area contributed by atoms with Crippen molar-refractivity contribution >= 4 is 22.5 Å². The molecule has 3 heterocycles. The monoisotopic (exact) mass is 410 g/mol. The average Bonchev–Trinajstić information content (AvgIpc) is 3.16. The molecule has 0 saturated carbocycles. The van der Waals surface area contributed by atoms with Gasteiger partial charge in [-0.1, -0.05) is 54.6 Å².